The maximum absolute atomic E-state index is 9.11. The molecule has 0 aliphatic heterocycles. The van der Waals surface area contributed by atoms with E-state index in [1.165, 1.54) is 0 Å². The third kappa shape index (κ3) is 3.76. The molecule has 0 spiro atoms. The van der Waals surface area contributed by atoms with Gasteiger partial charge in [0.05, 0.1) is 25.1 Å². The zero-order valence-electron chi connectivity index (χ0n) is 10.9. The summed E-state index contributed by atoms with van der Waals surface area (Å²) in [7, 11) is 1.68. The Morgan fingerprint density at radius 1 is 1.42 bits per heavy atom. The first-order valence-corrected chi connectivity index (χ1v) is 6.97. The highest BCUT2D eigenvalue weighted by Crippen LogP contribution is 2.14. The summed E-state index contributed by atoms with van der Waals surface area (Å²) < 4.78 is 8.17. The molecule has 19 heavy (non-hydrogen) atoms. The van der Waals surface area contributed by atoms with Gasteiger partial charge in [0.2, 0.25) is 0 Å². The fourth-order valence-electron chi connectivity index (χ4n) is 1.98. The number of imidazole rings is 1. The van der Waals surface area contributed by atoms with Crippen molar-refractivity contribution < 1.29 is 9.84 Å². The van der Waals surface area contributed by atoms with Gasteiger partial charge in [0, 0.05) is 37.4 Å². The number of halogens is 1. The van der Waals surface area contributed by atoms with Gasteiger partial charge < -0.3 is 14.2 Å². The van der Waals surface area contributed by atoms with Gasteiger partial charge in [0.1, 0.15) is 5.65 Å². The number of pyridine rings is 1. The van der Waals surface area contributed by atoms with Gasteiger partial charge in [-0.1, -0.05) is 0 Å². The number of fused-ring (bicyclic) bond motifs is 1. The normalized spacial score (nSPS) is 11.6. The summed E-state index contributed by atoms with van der Waals surface area (Å²) in [5, 5.41) is 9.11. The molecule has 2 rings (SSSR count). The molecule has 0 bridgehead atoms. The lowest BCUT2D eigenvalue weighted by Crippen LogP contribution is -2.30. The molecule has 0 aromatic carbocycles. The van der Waals surface area contributed by atoms with Crippen molar-refractivity contribution in [2.45, 2.75) is 6.54 Å². The van der Waals surface area contributed by atoms with Gasteiger partial charge in [-0.15, -0.1) is 0 Å². The molecule has 0 aliphatic rings. The first-order chi connectivity index (χ1) is 9.24. The standard InChI is InChI=1S/C13H18BrN3O2/c1-19-7-5-16(4-6-18)10-12-8-15-13-3-2-11(14)9-17(12)13/h2-3,8-9,18H,4-7,10H2,1H3. The molecule has 2 aromatic rings. The van der Waals surface area contributed by atoms with Gasteiger partial charge in [0.15, 0.2) is 0 Å². The molecule has 0 fully saturated rings. The fourth-order valence-corrected chi connectivity index (χ4v) is 2.32. The number of aromatic nitrogens is 2. The molecule has 5 nitrogen and oxygen atoms in total. The summed E-state index contributed by atoms with van der Waals surface area (Å²) in [4.78, 5) is 6.52. The Hall–Kier alpha value is -0.950. The number of hydrogen-bond donors (Lipinski definition) is 1. The largest absolute Gasteiger partial charge is 0.395 e. The minimum Gasteiger partial charge on any atom is -0.395 e. The molecule has 0 atom stereocenters. The molecule has 0 amide bonds. The Morgan fingerprint density at radius 2 is 2.26 bits per heavy atom. The van der Waals surface area contributed by atoms with Crippen molar-refractivity contribution >= 4 is 21.6 Å². The molecule has 0 saturated heterocycles. The van der Waals surface area contributed by atoms with Crippen LogP contribution in [-0.4, -0.2) is 52.8 Å². The van der Waals surface area contributed by atoms with Crippen molar-refractivity contribution in [3.8, 4) is 0 Å². The lowest BCUT2D eigenvalue weighted by molar-refractivity contribution is 0.126. The van der Waals surface area contributed by atoms with Gasteiger partial charge in [-0.2, -0.15) is 0 Å². The van der Waals surface area contributed by atoms with E-state index >= 15 is 0 Å². The Kier molecular flexibility index (Phi) is 5.33. The van der Waals surface area contributed by atoms with Crippen molar-refractivity contribution in [1.29, 1.82) is 0 Å². The first-order valence-electron chi connectivity index (χ1n) is 6.18. The van der Waals surface area contributed by atoms with Crippen molar-refractivity contribution in [3.05, 3.63) is 34.7 Å². The van der Waals surface area contributed by atoms with Crippen LogP contribution in [-0.2, 0) is 11.3 Å². The Morgan fingerprint density at radius 3 is 3.00 bits per heavy atom. The second-order valence-corrected chi connectivity index (χ2v) is 5.23. The van der Waals surface area contributed by atoms with Crippen LogP contribution in [0.5, 0.6) is 0 Å². The monoisotopic (exact) mass is 327 g/mol. The van der Waals surface area contributed by atoms with Gasteiger partial charge in [0.25, 0.3) is 0 Å². The maximum Gasteiger partial charge on any atom is 0.136 e. The number of hydrogen-bond acceptors (Lipinski definition) is 4. The minimum atomic E-state index is 0.143. The summed E-state index contributed by atoms with van der Waals surface area (Å²) >= 11 is 3.47. The number of aliphatic hydroxyl groups excluding tert-OH is 1. The SMILES string of the molecule is COCCN(CCO)Cc1cnc2ccc(Br)cn12. The van der Waals surface area contributed by atoms with E-state index in [4.69, 9.17) is 9.84 Å². The maximum atomic E-state index is 9.11. The predicted octanol–water partition coefficient (Wildman–Crippen LogP) is 1.54. The Bertz CT molecular complexity index is 530. The molecule has 2 heterocycles. The number of rotatable bonds is 7. The van der Waals surface area contributed by atoms with Gasteiger partial charge >= 0.3 is 0 Å². The van der Waals surface area contributed by atoms with Crippen molar-refractivity contribution in [2.24, 2.45) is 0 Å². The van der Waals surface area contributed by atoms with Crippen molar-refractivity contribution in [1.82, 2.24) is 14.3 Å². The van der Waals surface area contributed by atoms with E-state index in [-0.39, 0.29) is 6.61 Å². The van der Waals surface area contributed by atoms with Gasteiger partial charge in [-0.25, -0.2) is 4.98 Å². The van der Waals surface area contributed by atoms with Crippen LogP contribution in [0.1, 0.15) is 5.69 Å². The summed E-state index contributed by atoms with van der Waals surface area (Å²) in [6, 6.07) is 3.95. The molecule has 0 unspecified atom stereocenters. The topological polar surface area (TPSA) is 50.0 Å². The van der Waals surface area contributed by atoms with E-state index in [9.17, 15) is 0 Å². The highest BCUT2D eigenvalue weighted by molar-refractivity contribution is 9.10. The predicted molar refractivity (Wildman–Crippen MR) is 77.1 cm³/mol. The van der Waals surface area contributed by atoms with Gasteiger partial charge in [-0.05, 0) is 28.1 Å². The van der Waals surface area contributed by atoms with Crippen LogP contribution in [0.4, 0.5) is 0 Å². The Balaban J connectivity index is 2.15. The average molecular weight is 328 g/mol. The second-order valence-electron chi connectivity index (χ2n) is 4.32. The average Bonchev–Trinajstić information content (AvgIpc) is 2.79. The smallest absolute Gasteiger partial charge is 0.136 e. The lowest BCUT2D eigenvalue weighted by atomic mass is 10.3. The third-order valence-corrected chi connectivity index (χ3v) is 3.43. The summed E-state index contributed by atoms with van der Waals surface area (Å²) in [5.41, 5.74) is 2.02. The van der Waals surface area contributed by atoms with Crippen molar-refractivity contribution in [2.75, 3.05) is 33.4 Å². The minimum absolute atomic E-state index is 0.143. The fraction of sp³-hybridized carbons (Fsp3) is 0.462. The van der Waals surface area contributed by atoms with E-state index in [1.807, 2.05) is 24.5 Å². The van der Waals surface area contributed by atoms with Crippen LogP contribution in [0.25, 0.3) is 5.65 Å². The zero-order chi connectivity index (χ0) is 13.7. The molecular formula is C13H18BrN3O2. The molecule has 1 N–H and O–H groups in total. The molecule has 104 valence electrons. The van der Waals surface area contributed by atoms with E-state index in [1.54, 1.807) is 7.11 Å². The molecule has 0 saturated carbocycles. The van der Waals surface area contributed by atoms with Crippen LogP contribution in [0.2, 0.25) is 0 Å². The number of aliphatic hydroxyl groups is 1. The zero-order valence-corrected chi connectivity index (χ0v) is 12.5. The van der Waals surface area contributed by atoms with Crippen molar-refractivity contribution in [3.63, 3.8) is 0 Å². The molecule has 2 aromatic heterocycles. The van der Waals surface area contributed by atoms with Crippen LogP contribution in [0.15, 0.2) is 29.0 Å². The van der Waals surface area contributed by atoms with Gasteiger partial charge in [-0.3, -0.25) is 4.90 Å². The van der Waals surface area contributed by atoms with Crippen LogP contribution >= 0.6 is 15.9 Å². The number of methoxy groups -OCH3 is 1. The van der Waals surface area contributed by atoms with E-state index in [0.29, 0.717) is 13.2 Å². The highest BCUT2D eigenvalue weighted by atomic mass is 79.9. The summed E-state index contributed by atoms with van der Waals surface area (Å²) in [6.45, 7) is 2.95. The lowest BCUT2D eigenvalue weighted by Gasteiger charge is -2.20. The molecule has 6 heteroatoms. The van der Waals surface area contributed by atoms with E-state index < -0.39 is 0 Å². The third-order valence-electron chi connectivity index (χ3n) is 2.96. The van der Waals surface area contributed by atoms with Crippen LogP contribution in [0, 0.1) is 0 Å². The van der Waals surface area contributed by atoms with E-state index in [2.05, 4.69) is 30.2 Å². The molecular weight excluding hydrogens is 310 g/mol. The Labute approximate surface area is 120 Å². The number of nitrogens with zero attached hydrogens (tertiary/aromatic N) is 3. The van der Waals surface area contributed by atoms with Crippen LogP contribution < -0.4 is 0 Å². The molecule has 0 radical (unpaired) electrons. The summed E-state index contributed by atoms with van der Waals surface area (Å²) in [5.74, 6) is 0. The number of ether oxygens (including phenoxy) is 1. The molecule has 0 aliphatic carbocycles. The quantitative estimate of drug-likeness (QED) is 0.838. The van der Waals surface area contributed by atoms with E-state index in [0.717, 1.165) is 28.9 Å². The highest BCUT2D eigenvalue weighted by Gasteiger charge is 2.09. The van der Waals surface area contributed by atoms with Crippen LogP contribution in [0.3, 0.4) is 0 Å². The summed E-state index contributed by atoms with van der Waals surface area (Å²) in [6.07, 6.45) is 3.88. The first kappa shape index (κ1) is 14.5. The second kappa shape index (κ2) is 7.00.